The Morgan fingerprint density at radius 2 is 2.00 bits per heavy atom. The lowest BCUT2D eigenvalue weighted by Crippen LogP contribution is -2.36. The summed E-state index contributed by atoms with van der Waals surface area (Å²) in [5.74, 6) is 0.125. The summed E-state index contributed by atoms with van der Waals surface area (Å²) in [7, 11) is 0. The van der Waals surface area contributed by atoms with E-state index in [2.05, 4.69) is 22.9 Å². The summed E-state index contributed by atoms with van der Waals surface area (Å²) in [5, 5.41) is 0. The third kappa shape index (κ3) is 3.63. The molecule has 16 heavy (non-hydrogen) atoms. The van der Waals surface area contributed by atoms with Gasteiger partial charge in [0, 0.05) is 12.2 Å². The van der Waals surface area contributed by atoms with E-state index in [1.165, 1.54) is 0 Å². The molecule has 0 aliphatic carbocycles. The number of amides is 1. The first-order valence-corrected chi connectivity index (χ1v) is 6.59. The molecular weight excluding hydrogens is 266 g/mol. The molecule has 88 valence electrons. The summed E-state index contributed by atoms with van der Waals surface area (Å²) in [6.45, 7) is 4.78. The van der Waals surface area contributed by atoms with Crippen LogP contribution in [0.25, 0.3) is 0 Å². The number of anilines is 1. The molecular formula is C13H18BrNO. The zero-order valence-corrected chi connectivity index (χ0v) is 11.4. The molecule has 1 aromatic rings. The highest BCUT2D eigenvalue weighted by molar-refractivity contribution is 9.10. The standard InChI is InChI=1S/C13H18BrNO/c1-3-4-10-15(13(16)11(2)14)12-8-6-5-7-9-12/h5-9,11H,3-4,10H2,1-2H3. The third-order valence-electron chi connectivity index (χ3n) is 2.41. The summed E-state index contributed by atoms with van der Waals surface area (Å²) < 4.78 is 0. The number of hydrogen-bond acceptors (Lipinski definition) is 1. The Hall–Kier alpha value is -0.830. The molecule has 0 heterocycles. The summed E-state index contributed by atoms with van der Waals surface area (Å²) in [6, 6.07) is 9.83. The van der Waals surface area contributed by atoms with Crippen molar-refractivity contribution >= 4 is 27.5 Å². The molecule has 0 saturated carbocycles. The molecule has 0 aromatic heterocycles. The van der Waals surface area contributed by atoms with Crippen molar-refractivity contribution in [2.45, 2.75) is 31.5 Å². The van der Waals surface area contributed by atoms with Gasteiger partial charge in [-0.3, -0.25) is 4.79 Å². The van der Waals surface area contributed by atoms with Gasteiger partial charge in [0.05, 0.1) is 4.83 Å². The molecule has 3 heteroatoms. The van der Waals surface area contributed by atoms with Gasteiger partial charge in [-0.25, -0.2) is 0 Å². The first-order valence-electron chi connectivity index (χ1n) is 5.67. The van der Waals surface area contributed by atoms with Crippen LogP contribution in [-0.2, 0) is 4.79 Å². The molecule has 1 unspecified atom stereocenters. The van der Waals surface area contributed by atoms with Crippen molar-refractivity contribution in [1.29, 1.82) is 0 Å². The van der Waals surface area contributed by atoms with Gasteiger partial charge in [0.15, 0.2) is 0 Å². The van der Waals surface area contributed by atoms with Crippen molar-refractivity contribution in [2.75, 3.05) is 11.4 Å². The monoisotopic (exact) mass is 283 g/mol. The maximum absolute atomic E-state index is 12.0. The summed E-state index contributed by atoms with van der Waals surface area (Å²) >= 11 is 3.34. The van der Waals surface area contributed by atoms with E-state index in [0.29, 0.717) is 0 Å². The number of benzene rings is 1. The summed E-state index contributed by atoms with van der Waals surface area (Å²) in [6.07, 6.45) is 2.12. The fourth-order valence-electron chi connectivity index (χ4n) is 1.51. The average Bonchev–Trinajstić information content (AvgIpc) is 2.30. The minimum Gasteiger partial charge on any atom is -0.311 e. The predicted molar refractivity (Wildman–Crippen MR) is 72.1 cm³/mol. The molecule has 0 aliphatic rings. The Balaban J connectivity index is 2.83. The van der Waals surface area contributed by atoms with Crippen molar-refractivity contribution in [3.8, 4) is 0 Å². The maximum Gasteiger partial charge on any atom is 0.240 e. The average molecular weight is 284 g/mol. The second kappa shape index (κ2) is 6.69. The number of nitrogens with zero attached hydrogens (tertiary/aromatic N) is 1. The zero-order valence-electron chi connectivity index (χ0n) is 9.82. The van der Waals surface area contributed by atoms with Crippen molar-refractivity contribution in [3.05, 3.63) is 30.3 Å². The topological polar surface area (TPSA) is 20.3 Å². The van der Waals surface area contributed by atoms with Crippen LogP contribution in [0.1, 0.15) is 26.7 Å². The van der Waals surface area contributed by atoms with Crippen LogP contribution in [0.5, 0.6) is 0 Å². The van der Waals surface area contributed by atoms with E-state index in [0.717, 1.165) is 25.1 Å². The van der Waals surface area contributed by atoms with Crippen molar-refractivity contribution in [1.82, 2.24) is 0 Å². The van der Waals surface area contributed by atoms with Crippen LogP contribution in [0.15, 0.2) is 30.3 Å². The smallest absolute Gasteiger partial charge is 0.240 e. The SMILES string of the molecule is CCCCN(C(=O)C(C)Br)c1ccccc1. The van der Waals surface area contributed by atoms with Crippen molar-refractivity contribution < 1.29 is 4.79 Å². The minimum atomic E-state index is -0.135. The van der Waals surface area contributed by atoms with Gasteiger partial charge < -0.3 is 4.90 Å². The number of halogens is 1. The van der Waals surface area contributed by atoms with Crippen molar-refractivity contribution in [3.63, 3.8) is 0 Å². The fraction of sp³-hybridized carbons (Fsp3) is 0.462. The first kappa shape index (κ1) is 13.2. The van der Waals surface area contributed by atoms with Gasteiger partial charge >= 0.3 is 0 Å². The quantitative estimate of drug-likeness (QED) is 0.756. The summed E-state index contributed by atoms with van der Waals surface area (Å²) in [4.78, 5) is 13.7. The highest BCUT2D eigenvalue weighted by atomic mass is 79.9. The van der Waals surface area contributed by atoms with E-state index >= 15 is 0 Å². The highest BCUT2D eigenvalue weighted by Crippen LogP contribution is 2.17. The fourth-order valence-corrected chi connectivity index (χ4v) is 1.75. The van der Waals surface area contributed by atoms with Crippen molar-refractivity contribution in [2.24, 2.45) is 0 Å². The van der Waals surface area contributed by atoms with Gasteiger partial charge in [0.1, 0.15) is 0 Å². The maximum atomic E-state index is 12.0. The molecule has 1 aromatic carbocycles. The zero-order chi connectivity index (χ0) is 12.0. The molecule has 0 spiro atoms. The molecule has 2 nitrogen and oxygen atoms in total. The van der Waals surface area contributed by atoms with E-state index in [1.54, 1.807) is 0 Å². The van der Waals surface area contributed by atoms with Crippen LogP contribution in [0.3, 0.4) is 0 Å². The Kier molecular flexibility index (Phi) is 5.53. The number of carbonyl (C=O) groups is 1. The van der Waals surface area contributed by atoms with Crippen LogP contribution >= 0.6 is 15.9 Å². The molecule has 0 saturated heterocycles. The van der Waals surface area contributed by atoms with E-state index in [-0.39, 0.29) is 10.7 Å². The lowest BCUT2D eigenvalue weighted by atomic mass is 10.2. The van der Waals surface area contributed by atoms with Gasteiger partial charge in [-0.2, -0.15) is 0 Å². The number of unbranched alkanes of at least 4 members (excludes halogenated alkanes) is 1. The van der Waals surface area contributed by atoms with Gasteiger partial charge in [0.25, 0.3) is 0 Å². The molecule has 1 atom stereocenters. The molecule has 0 bridgehead atoms. The van der Waals surface area contributed by atoms with Gasteiger partial charge in [-0.05, 0) is 25.5 Å². The van der Waals surface area contributed by atoms with Gasteiger partial charge in [0.2, 0.25) is 5.91 Å². The van der Waals surface area contributed by atoms with E-state index < -0.39 is 0 Å². The number of para-hydroxylation sites is 1. The lowest BCUT2D eigenvalue weighted by Gasteiger charge is -2.23. The molecule has 0 radical (unpaired) electrons. The Morgan fingerprint density at radius 1 is 1.38 bits per heavy atom. The largest absolute Gasteiger partial charge is 0.311 e. The van der Waals surface area contributed by atoms with Crippen LogP contribution in [0.4, 0.5) is 5.69 Å². The molecule has 0 fully saturated rings. The minimum absolute atomic E-state index is 0.125. The van der Waals surface area contributed by atoms with Crippen LogP contribution in [-0.4, -0.2) is 17.3 Å². The van der Waals surface area contributed by atoms with E-state index in [9.17, 15) is 4.79 Å². The molecule has 1 rings (SSSR count). The van der Waals surface area contributed by atoms with Crippen LogP contribution < -0.4 is 4.90 Å². The van der Waals surface area contributed by atoms with E-state index in [1.807, 2.05) is 42.2 Å². The summed E-state index contributed by atoms with van der Waals surface area (Å²) in [5.41, 5.74) is 0.979. The highest BCUT2D eigenvalue weighted by Gasteiger charge is 2.18. The Bertz CT molecular complexity index is 324. The molecule has 0 aliphatic heterocycles. The molecule has 1 amide bonds. The Morgan fingerprint density at radius 3 is 2.50 bits per heavy atom. The first-order chi connectivity index (χ1) is 7.66. The number of carbonyl (C=O) groups excluding carboxylic acids is 1. The predicted octanol–water partition coefficient (Wildman–Crippen LogP) is 3.60. The van der Waals surface area contributed by atoms with Gasteiger partial charge in [-0.15, -0.1) is 0 Å². The number of hydrogen-bond donors (Lipinski definition) is 0. The molecule has 0 N–H and O–H groups in total. The third-order valence-corrected chi connectivity index (χ3v) is 2.80. The Labute approximate surface area is 106 Å². The second-order valence-corrected chi connectivity index (χ2v) is 5.17. The number of rotatable bonds is 5. The number of alkyl halides is 1. The van der Waals surface area contributed by atoms with E-state index in [4.69, 9.17) is 0 Å². The second-order valence-electron chi connectivity index (χ2n) is 3.79. The van der Waals surface area contributed by atoms with Crippen LogP contribution in [0.2, 0.25) is 0 Å². The van der Waals surface area contributed by atoms with Gasteiger partial charge in [-0.1, -0.05) is 47.5 Å². The lowest BCUT2D eigenvalue weighted by molar-refractivity contribution is -0.117. The normalized spacial score (nSPS) is 12.2. The van der Waals surface area contributed by atoms with Crippen LogP contribution in [0, 0.1) is 0 Å².